The van der Waals surface area contributed by atoms with Gasteiger partial charge in [0, 0.05) is 17.2 Å². The lowest BCUT2D eigenvalue weighted by molar-refractivity contribution is -0.150. The van der Waals surface area contributed by atoms with Crippen LogP contribution in [-0.2, 0) is 19.2 Å². The number of carbonyl (C=O) groups is 5. The number of anilines is 1. The first-order chi connectivity index (χ1) is 18.1. The van der Waals surface area contributed by atoms with Crippen LogP contribution in [0.4, 0.5) is 5.69 Å². The van der Waals surface area contributed by atoms with E-state index in [1.165, 1.54) is 11.8 Å². The minimum Gasteiger partial charge on any atom is -0.480 e. The third-order valence-electron chi connectivity index (χ3n) is 5.68. The van der Waals surface area contributed by atoms with Crippen LogP contribution in [0.1, 0.15) is 22.1 Å². The van der Waals surface area contributed by atoms with Gasteiger partial charge in [0.2, 0.25) is 5.91 Å². The molecule has 4 rings (SSSR count). The molecule has 2 unspecified atom stereocenters. The van der Waals surface area contributed by atoms with Gasteiger partial charge < -0.3 is 32.3 Å². The molecule has 1 aromatic heterocycles. The second kappa shape index (κ2) is 11.1. The molecule has 3 amide bonds. The van der Waals surface area contributed by atoms with Crippen LogP contribution in [0.25, 0.3) is 0 Å². The summed E-state index contributed by atoms with van der Waals surface area (Å²) in [7, 11) is 0. The number of nitrogens with zero attached hydrogens (tertiary/aromatic N) is 3. The van der Waals surface area contributed by atoms with Gasteiger partial charge in [0.15, 0.2) is 5.69 Å². The first-order valence-corrected chi connectivity index (χ1v) is 13.0. The van der Waals surface area contributed by atoms with Crippen molar-refractivity contribution >= 4 is 58.9 Å². The average Bonchev–Trinajstić information content (AvgIpc) is 3.37. The lowest BCUT2D eigenvalue weighted by Gasteiger charge is -2.49. The largest absolute Gasteiger partial charge is 0.480 e. The van der Waals surface area contributed by atoms with Crippen LogP contribution < -0.4 is 22.1 Å². The van der Waals surface area contributed by atoms with Gasteiger partial charge in [-0.3, -0.25) is 29.2 Å². The van der Waals surface area contributed by atoms with Crippen LogP contribution in [-0.4, -0.2) is 89.7 Å². The first-order valence-electron chi connectivity index (χ1n) is 10.9. The number of aromatic nitrogens is 3. The Kier molecular flexibility index (Phi) is 7.88. The third kappa shape index (κ3) is 5.43. The summed E-state index contributed by atoms with van der Waals surface area (Å²) in [5.41, 5.74) is 12.5. The molecule has 3 atom stereocenters. The standard InChI is InChI=1S/C21H22N8O7S2/c22-12(8-1-3-10(4-2-8)24-5-11(30)31)17(33)25-14-19(34)29-15(21(35)36)9(7-38-20(14)29)6-37-18-13(16(23)32)26-28-27-18/h1-4,12,14,20,24H,5-7,22H2,(H2,23,32)(H,25,33)(H,30,31)(H,35,36)(H,26,27,28)/t12?,14?,20-/m1/s1. The van der Waals surface area contributed by atoms with Gasteiger partial charge in [-0.15, -0.1) is 16.9 Å². The van der Waals surface area contributed by atoms with Crippen LogP contribution in [0.5, 0.6) is 0 Å². The number of carboxylic acids is 2. The van der Waals surface area contributed by atoms with E-state index in [0.29, 0.717) is 16.8 Å². The van der Waals surface area contributed by atoms with Gasteiger partial charge in [-0.25, -0.2) is 4.79 Å². The van der Waals surface area contributed by atoms with Gasteiger partial charge >= 0.3 is 11.9 Å². The van der Waals surface area contributed by atoms with Gasteiger partial charge in [-0.2, -0.15) is 0 Å². The fourth-order valence-corrected chi connectivity index (χ4v) is 6.23. The van der Waals surface area contributed by atoms with E-state index in [2.05, 4.69) is 26.0 Å². The predicted octanol–water partition coefficient (Wildman–Crippen LogP) is -1.07. The Morgan fingerprint density at radius 3 is 2.58 bits per heavy atom. The number of carboxylic acid groups (broad SMARTS) is 2. The fraction of sp³-hybridized carbons (Fsp3) is 0.286. The lowest BCUT2D eigenvalue weighted by Crippen LogP contribution is -2.71. The number of benzene rings is 1. The number of β-lactam (4-membered cyclic amide) rings is 1. The van der Waals surface area contributed by atoms with E-state index < -0.39 is 47.1 Å². The van der Waals surface area contributed by atoms with Gasteiger partial charge in [0.1, 0.15) is 34.7 Å². The molecule has 1 saturated heterocycles. The normalized spacial score (nSPS) is 19.3. The number of aliphatic carboxylic acids is 2. The number of fused-ring (bicyclic) bond motifs is 1. The Bertz CT molecular complexity index is 1330. The minimum absolute atomic E-state index is 0.0703. The highest BCUT2D eigenvalue weighted by molar-refractivity contribution is 8.01. The molecular formula is C21H22N8O7S2. The number of hydrogen-bond acceptors (Lipinski definition) is 11. The number of nitrogens with one attached hydrogen (secondary N) is 3. The number of carbonyl (C=O) groups excluding carboxylic acids is 3. The molecule has 2 aromatic rings. The van der Waals surface area contributed by atoms with E-state index in [-0.39, 0.29) is 34.5 Å². The van der Waals surface area contributed by atoms with Crippen molar-refractivity contribution in [3.8, 4) is 0 Å². The van der Waals surface area contributed by atoms with Crippen LogP contribution in [0.2, 0.25) is 0 Å². The molecule has 200 valence electrons. The van der Waals surface area contributed by atoms with Gasteiger partial charge in [-0.1, -0.05) is 29.1 Å². The maximum Gasteiger partial charge on any atom is 0.352 e. The molecule has 0 radical (unpaired) electrons. The number of H-pyrrole nitrogens is 1. The summed E-state index contributed by atoms with van der Waals surface area (Å²) in [6.45, 7) is -0.271. The maximum absolute atomic E-state index is 12.9. The van der Waals surface area contributed by atoms with Crippen molar-refractivity contribution in [1.82, 2.24) is 25.6 Å². The van der Waals surface area contributed by atoms with Gasteiger partial charge in [-0.05, 0) is 23.3 Å². The molecule has 17 heteroatoms. The number of rotatable bonds is 11. The molecule has 38 heavy (non-hydrogen) atoms. The monoisotopic (exact) mass is 562 g/mol. The first kappa shape index (κ1) is 27.0. The second-order valence-electron chi connectivity index (χ2n) is 8.14. The molecule has 0 saturated carbocycles. The second-order valence-corrected chi connectivity index (χ2v) is 10.2. The van der Waals surface area contributed by atoms with Crippen molar-refractivity contribution in [2.24, 2.45) is 11.5 Å². The minimum atomic E-state index is -1.30. The Morgan fingerprint density at radius 2 is 1.95 bits per heavy atom. The molecule has 15 nitrogen and oxygen atoms in total. The zero-order valence-corrected chi connectivity index (χ0v) is 21.0. The topological polar surface area (TPSA) is 247 Å². The Labute approximate surface area is 222 Å². The van der Waals surface area contributed by atoms with E-state index in [1.54, 1.807) is 24.3 Å². The maximum atomic E-state index is 12.9. The smallest absolute Gasteiger partial charge is 0.352 e. The zero-order chi connectivity index (χ0) is 27.6. The number of primary amides is 1. The fourth-order valence-electron chi connectivity index (χ4n) is 3.81. The number of thioether (sulfide) groups is 2. The van der Waals surface area contributed by atoms with E-state index in [9.17, 15) is 29.1 Å². The molecular weight excluding hydrogens is 540 g/mol. The highest BCUT2D eigenvalue weighted by Gasteiger charge is 2.54. The predicted molar refractivity (Wildman–Crippen MR) is 135 cm³/mol. The Morgan fingerprint density at radius 1 is 1.24 bits per heavy atom. The van der Waals surface area contributed by atoms with Crippen LogP contribution in [0, 0.1) is 0 Å². The number of nitrogens with two attached hydrogens (primary N) is 2. The van der Waals surface area contributed by atoms with E-state index in [1.807, 2.05) is 0 Å². The van der Waals surface area contributed by atoms with Crippen molar-refractivity contribution in [3.05, 3.63) is 46.8 Å². The summed E-state index contributed by atoms with van der Waals surface area (Å²) >= 11 is 2.37. The van der Waals surface area contributed by atoms with Crippen molar-refractivity contribution in [2.45, 2.75) is 22.5 Å². The van der Waals surface area contributed by atoms with Crippen molar-refractivity contribution in [1.29, 1.82) is 0 Å². The van der Waals surface area contributed by atoms with E-state index >= 15 is 0 Å². The highest BCUT2D eigenvalue weighted by atomic mass is 32.2. The molecule has 1 aromatic carbocycles. The summed E-state index contributed by atoms with van der Waals surface area (Å²) < 4.78 is 0. The SMILES string of the molecule is NC(=O)c1nn[nH]c1SCC1=C(C(=O)O)N2C(=O)C(NC(=O)C(N)c3ccc(NCC(=O)O)cc3)[C@H]2SC1. The van der Waals surface area contributed by atoms with Crippen LogP contribution >= 0.6 is 23.5 Å². The third-order valence-corrected chi connectivity index (χ3v) is 8.09. The Balaban J connectivity index is 1.40. The van der Waals surface area contributed by atoms with Crippen LogP contribution in [0.3, 0.4) is 0 Å². The van der Waals surface area contributed by atoms with Crippen molar-refractivity contribution in [3.63, 3.8) is 0 Å². The van der Waals surface area contributed by atoms with E-state index in [4.69, 9.17) is 16.6 Å². The summed E-state index contributed by atoms with van der Waals surface area (Å²) in [6.07, 6.45) is 0. The number of amides is 3. The molecule has 2 aliphatic rings. The van der Waals surface area contributed by atoms with Crippen molar-refractivity contribution in [2.75, 3.05) is 23.4 Å². The molecule has 9 N–H and O–H groups in total. The quantitative estimate of drug-likeness (QED) is 0.127. The molecule has 0 aliphatic carbocycles. The molecule has 0 bridgehead atoms. The van der Waals surface area contributed by atoms with Crippen LogP contribution in [0.15, 0.2) is 40.6 Å². The summed E-state index contributed by atoms with van der Waals surface area (Å²) in [4.78, 5) is 61.0. The van der Waals surface area contributed by atoms with E-state index in [0.717, 1.165) is 16.7 Å². The van der Waals surface area contributed by atoms with Gasteiger partial charge in [0.05, 0.1) is 0 Å². The van der Waals surface area contributed by atoms with Crippen molar-refractivity contribution < 1.29 is 34.2 Å². The summed E-state index contributed by atoms with van der Waals surface area (Å²) in [5, 5.41) is 33.2. The summed E-state index contributed by atoms with van der Waals surface area (Å²) in [6, 6.07) is 4.21. The zero-order valence-electron chi connectivity index (χ0n) is 19.4. The number of aromatic amines is 1. The highest BCUT2D eigenvalue weighted by Crippen LogP contribution is 2.41. The molecule has 0 spiro atoms. The average molecular weight is 563 g/mol. The number of hydrogen-bond donors (Lipinski definition) is 7. The summed E-state index contributed by atoms with van der Waals surface area (Å²) in [5.74, 6) is -3.92. The lowest BCUT2D eigenvalue weighted by atomic mass is 10.0. The van der Waals surface area contributed by atoms with Gasteiger partial charge in [0.25, 0.3) is 11.8 Å². The molecule has 2 aliphatic heterocycles. The molecule has 1 fully saturated rings. The molecule has 3 heterocycles. The Hall–Kier alpha value is -4.09.